The molecular formula is C16H33N. The van der Waals surface area contributed by atoms with Crippen LogP contribution in [0.1, 0.15) is 66.2 Å². The van der Waals surface area contributed by atoms with Crippen molar-refractivity contribution >= 4 is 0 Å². The molecule has 1 aliphatic carbocycles. The molecule has 0 bridgehead atoms. The summed E-state index contributed by atoms with van der Waals surface area (Å²) in [6.07, 6.45) is 8.67. The molecule has 0 radical (unpaired) electrons. The fourth-order valence-corrected chi connectivity index (χ4v) is 3.42. The highest BCUT2D eigenvalue weighted by atomic mass is 14.9. The first kappa shape index (κ1) is 15.0. The van der Waals surface area contributed by atoms with Crippen LogP contribution in [0.3, 0.4) is 0 Å². The third-order valence-corrected chi connectivity index (χ3v) is 4.43. The van der Waals surface area contributed by atoms with Crippen LogP contribution in [0.25, 0.3) is 0 Å². The lowest BCUT2D eigenvalue weighted by Crippen LogP contribution is -2.34. The molecule has 0 heterocycles. The van der Waals surface area contributed by atoms with Crippen molar-refractivity contribution in [2.75, 3.05) is 13.1 Å². The highest BCUT2D eigenvalue weighted by Crippen LogP contribution is 2.37. The van der Waals surface area contributed by atoms with Crippen molar-refractivity contribution in [3.8, 4) is 0 Å². The van der Waals surface area contributed by atoms with E-state index in [1.54, 1.807) is 0 Å². The Morgan fingerprint density at radius 2 is 1.88 bits per heavy atom. The molecule has 0 saturated heterocycles. The molecule has 1 nitrogen and oxygen atoms in total. The van der Waals surface area contributed by atoms with Crippen molar-refractivity contribution < 1.29 is 0 Å². The average molecular weight is 239 g/mol. The van der Waals surface area contributed by atoms with E-state index in [9.17, 15) is 0 Å². The lowest BCUT2D eigenvalue weighted by atomic mass is 9.71. The lowest BCUT2D eigenvalue weighted by molar-refractivity contribution is 0.163. The molecule has 0 aromatic rings. The second-order valence-electron chi connectivity index (χ2n) is 6.45. The van der Waals surface area contributed by atoms with E-state index in [1.165, 1.54) is 51.6 Å². The molecule has 1 rings (SSSR count). The van der Waals surface area contributed by atoms with Gasteiger partial charge in [-0.3, -0.25) is 0 Å². The number of hydrogen-bond acceptors (Lipinski definition) is 1. The van der Waals surface area contributed by atoms with Crippen molar-refractivity contribution in [2.24, 2.45) is 23.7 Å². The van der Waals surface area contributed by atoms with E-state index in [0.29, 0.717) is 0 Å². The van der Waals surface area contributed by atoms with Gasteiger partial charge in [0.2, 0.25) is 0 Å². The Kier molecular flexibility index (Phi) is 7.18. The molecule has 3 unspecified atom stereocenters. The van der Waals surface area contributed by atoms with Crippen molar-refractivity contribution in [1.29, 1.82) is 0 Å². The van der Waals surface area contributed by atoms with Gasteiger partial charge in [0.1, 0.15) is 0 Å². The van der Waals surface area contributed by atoms with E-state index in [4.69, 9.17) is 0 Å². The monoisotopic (exact) mass is 239 g/mol. The van der Waals surface area contributed by atoms with Gasteiger partial charge < -0.3 is 5.32 Å². The molecule has 3 atom stereocenters. The van der Waals surface area contributed by atoms with Crippen molar-refractivity contribution in [3.05, 3.63) is 0 Å². The SMILES string of the molecule is CCCC1CCC(CNCC(C)C)C(CC)C1. The van der Waals surface area contributed by atoms with E-state index in [-0.39, 0.29) is 0 Å². The summed E-state index contributed by atoms with van der Waals surface area (Å²) in [7, 11) is 0. The minimum absolute atomic E-state index is 0.784. The van der Waals surface area contributed by atoms with Gasteiger partial charge in [0.05, 0.1) is 0 Å². The third-order valence-electron chi connectivity index (χ3n) is 4.43. The highest BCUT2D eigenvalue weighted by molar-refractivity contribution is 4.80. The van der Waals surface area contributed by atoms with Crippen molar-refractivity contribution in [1.82, 2.24) is 5.32 Å². The second-order valence-corrected chi connectivity index (χ2v) is 6.45. The predicted molar refractivity (Wildman–Crippen MR) is 77.2 cm³/mol. The van der Waals surface area contributed by atoms with Gasteiger partial charge in [0.25, 0.3) is 0 Å². The maximum atomic E-state index is 3.67. The van der Waals surface area contributed by atoms with Gasteiger partial charge >= 0.3 is 0 Å². The van der Waals surface area contributed by atoms with Crippen LogP contribution in [0.4, 0.5) is 0 Å². The Bertz CT molecular complexity index is 188. The summed E-state index contributed by atoms with van der Waals surface area (Å²) in [4.78, 5) is 0. The molecule has 0 aromatic heterocycles. The van der Waals surface area contributed by atoms with E-state index in [2.05, 4.69) is 33.0 Å². The summed E-state index contributed by atoms with van der Waals surface area (Å²) in [6.45, 7) is 11.7. The lowest BCUT2D eigenvalue weighted by Gasteiger charge is -2.36. The Balaban J connectivity index is 2.30. The molecule has 17 heavy (non-hydrogen) atoms. The van der Waals surface area contributed by atoms with Gasteiger partial charge in [-0.2, -0.15) is 0 Å². The van der Waals surface area contributed by atoms with Crippen LogP contribution in [0.2, 0.25) is 0 Å². The molecule has 1 fully saturated rings. The maximum absolute atomic E-state index is 3.67. The minimum atomic E-state index is 0.784. The summed E-state index contributed by atoms with van der Waals surface area (Å²) in [5.41, 5.74) is 0. The number of hydrogen-bond donors (Lipinski definition) is 1. The third kappa shape index (κ3) is 5.42. The average Bonchev–Trinajstić information content (AvgIpc) is 2.30. The van der Waals surface area contributed by atoms with E-state index in [0.717, 1.165) is 23.7 Å². The van der Waals surface area contributed by atoms with Gasteiger partial charge in [0.15, 0.2) is 0 Å². The normalized spacial score (nSPS) is 29.8. The van der Waals surface area contributed by atoms with Crippen molar-refractivity contribution in [2.45, 2.75) is 66.2 Å². The topological polar surface area (TPSA) is 12.0 Å². The summed E-state index contributed by atoms with van der Waals surface area (Å²) >= 11 is 0. The Morgan fingerprint density at radius 3 is 2.47 bits per heavy atom. The van der Waals surface area contributed by atoms with Crippen LogP contribution in [0, 0.1) is 23.7 Å². The molecule has 1 heteroatoms. The number of nitrogens with one attached hydrogen (secondary N) is 1. The molecule has 102 valence electrons. The zero-order valence-electron chi connectivity index (χ0n) is 12.5. The zero-order chi connectivity index (χ0) is 12.7. The summed E-state index contributed by atoms with van der Waals surface area (Å²) in [6, 6.07) is 0. The molecule has 0 spiro atoms. The van der Waals surface area contributed by atoms with E-state index >= 15 is 0 Å². The van der Waals surface area contributed by atoms with E-state index < -0.39 is 0 Å². The number of rotatable bonds is 7. The van der Waals surface area contributed by atoms with Gasteiger partial charge in [0, 0.05) is 0 Å². The molecule has 0 amide bonds. The molecule has 0 aliphatic heterocycles. The van der Waals surface area contributed by atoms with Crippen LogP contribution in [0.5, 0.6) is 0 Å². The fourth-order valence-electron chi connectivity index (χ4n) is 3.42. The first-order chi connectivity index (χ1) is 8.17. The maximum Gasteiger partial charge on any atom is -0.00178 e. The summed E-state index contributed by atoms with van der Waals surface area (Å²) in [5, 5.41) is 3.67. The second kappa shape index (κ2) is 8.13. The Morgan fingerprint density at radius 1 is 1.12 bits per heavy atom. The zero-order valence-corrected chi connectivity index (χ0v) is 12.5. The smallest absolute Gasteiger partial charge is 0.00178 e. The Labute approximate surface area is 109 Å². The quantitative estimate of drug-likeness (QED) is 0.691. The van der Waals surface area contributed by atoms with Gasteiger partial charge in [-0.25, -0.2) is 0 Å². The first-order valence-corrected chi connectivity index (χ1v) is 7.88. The summed E-state index contributed by atoms with van der Waals surface area (Å²) < 4.78 is 0. The van der Waals surface area contributed by atoms with Crippen LogP contribution in [-0.2, 0) is 0 Å². The van der Waals surface area contributed by atoms with Crippen LogP contribution >= 0.6 is 0 Å². The molecule has 0 aromatic carbocycles. The van der Waals surface area contributed by atoms with Crippen molar-refractivity contribution in [3.63, 3.8) is 0 Å². The first-order valence-electron chi connectivity index (χ1n) is 7.88. The van der Waals surface area contributed by atoms with Crippen LogP contribution in [-0.4, -0.2) is 13.1 Å². The Hall–Kier alpha value is -0.0400. The van der Waals surface area contributed by atoms with Gasteiger partial charge in [-0.05, 0) is 49.6 Å². The minimum Gasteiger partial charge on any atom is -0.316 e. The molecular weight excluding hydrogens is 206 g/mol. The highest BCUT2D eigenvalue weighted by Gasteiger charge is 2.28. The predicted octanol–water partition coefficient (Wildman–Crippen LogP) is 4.47. The molecule has 1 aliphatic rings. The fraction of sp³-hybridized carbons (Fsp3) is 1.00. The molecule has 1 saturated carbocycles. The largest absolute Gasteiger partial charge is 0.316 e. The van der Waals surface area contributed by atoms with Gasteiger partial charge in [-0.15, -0.1) is 0 Å². The standard InChI is InChI=1S/C16H33N/c1-5-7-14-8-9-16(15(6-2)10-14)12-17-11-13(3)4/h13-17H,5-12H2,1-4H3. The summed E-state index contributed by atoms with van der Waals surface area (Å²) in [5.74, 6) is 3.75. The molecule has 1 N–H and O–H groups in total. The van der Waals surface area contributed by atoms with E-state index in [1.807, 2.05) is 0 Å². The van der Waals surface area contributed by atoms with Crippen LogP contribution in [0.15, 0.2) is 0 Å². The van der Waals surface area contributed by atoms with Crippen LogP contribution < -0.4 is 5.32 Å². The van der Waals surface area contributed by atoms with Gasteiger partial charge in [-0.1, -0.05) is 53.4 Å².